The molecular weight excluding hydrogens is 552 g/mol. The Balaban J connectivity index is 1.87. The van der Waals surface area contributed by atoms with E-state index in [9.17, 15) is 22.8 Å². The van der Waals surface area contributed by atoms with E-state index in [1.165, 1.54) is 44.8 Å². The molecule has 3 amide bonds. The third-order valence-corrected chi connectivity index (χ3v) is 9.30. The highest BCUT2D eigenvalue weighted by Gasteiger charge is 2.32. The zero-order valence-electron chi connectivity index (χ0n) is 24.3. The summed E-state index contributed by atoms with van der Waals surface area (Å²) < 4.78 is 33.3. The molecule has 1 aromatic heterocycles. The molecule has 0 saturated heterocycles. The molecule has 2 aromatic rings. The summed E-state index contributed by atoms with van der Waals surface area (Å²) in [4.78, 5) is 42.6. The molecule has 0 unspecified atom stereocenters. The van der Waals surface area contributed by atoms with Gasteiger partial charge in [-0.25, -0.2) is 13.2 Å². The van der Waals surface area contributed by atoms with Crippen molar-refractivity contribution >= 4 is 44.3 Å². The van der Waals surface area contributed by atoms with Gasteiger partial charge in [0.05, 0.1) is 23.6 Å². The van der Waals surface area contributed by atoms with E-state index in [0.29, 0.717) is 36.6 Å². The van der Waals surface area contributed by atoms with Gasteiger partial charge in [-0.2, -0.15) is 4.31 Å². The Bertz CT molecular complexity index is 1320. The van der Waals surface area contributed by atoms with Crippen LogP contribution in [0.2, 0.25) is 0 Å². The number of hydrogen-bond acceptors (Lipinski definition) is 7. The van der Waals surface area contributed by atoms with Gasteiger partial charge in [0.2, 0.25) is 10.0 Å². The fourth-order valence-electron chi connectivity index (χ4n) is 4.50. The smallest absolute Gasteiger partial charge is 0.410 e. The molecule has 1 aliphatic rings. The Morgan fingerprint density at radius 1 is 1.05 bits per heavy atom. The molecule has 0 aliphatic carbocycles. The van der Waals surface area contributed by atoms with Gasteiger partial charge in [0, 0.05) is 44.2 Å². The lowest BCUT2D eigenvalue weighted by molar-refractivity contribution is 0.0827. The van der Waals surface area contributed by atoms with Crippen molar-refractivity contribution in [3.63, 3.8) is 0 Å². The maximum atomic E-state index is 13.3. The molecule has 3 rings (SSSR count). The number of rotatable bonds is 10. The monoisotopic (exact) mass is 592 g/mol. The van der Waals surface area contributed by atoms with Crippen LogP contribution in [0.5, 0.6) is 0 Å². The average molecular weight is 593 g/mol. The fraction of sp³-hybridized carbons (Fsp3) is 0.536. The number of carbonyl (C=O) groups is 3. The molecule has 1 N–H and O–H groups in total. The van der Waals surface area contributed by atoms with E-state index in [2.05, 4.69) is 5.32 Å². The van der Waals surface area contributed by atoms with E-state index in [1.807, 2.05) is 27.7 Å². The first kappa shape index (κ1) is 31.6. The molecule has 40 heavy (non-hydrogen) atoms. The summed E-state index contributed by atoms with van der Waals surface area (Å²) in [5, 5.41) is 3.26. The number of hydrogen-bond donors (Lipinski definition) is 1. The summed E-state index contributed by atoms with van der Waals surface area (Å²) in [5.41, 5.74) is 1.50. The molecule has 0 atom stereocenters. The van der Waals surface area contributed by atoms with Crippen molar-refractivity contribution in [2.24, 2.45) is 11.8 Å². The van der Waals surface area contributed by atoms with Crippen LogP contribution in [0, 0.1) is 11.8 Å². The van der Waals surface area contributed by atoms with Crippen molar-refractivity contribution in [1.82, 2.24) is 14.1 Å². The topological polar surface area (TPSA) is 116 Å². The third kappa shape index (κ3) is 7.21. The predicted molar refractivity (Wildman–Crippen MR) is 156 cm³/mol. The number of amides is 3. The van der Waals surface area contributed by atoms with Gasteiger partial charge in [-0.15, -0.1) is 11.3 Å². The molecule has 1 aliphatic heterocycles. The SMILES string of the molecule is CCOC(=O)N1CCc2c(sc(NC(=O)c3ccc(S(=O)(=O)N(CC(C)C)CC(C)C)cc3)c2C(=O)N(C)C)C1. The quantitative estimate of drug-likeness (QED) is 0.434. The second kappa shape index (κ2) is 13.1. The lowest BCUT2D eigenvalue weighted by atomic mass is 10.0. The summed E-state index contributed by atoms with van der Waals surface area (Å²) in [5.74, 6) is -0.370. The number of nitrogens with zero attached hydrogens (tertiary/aromatic N) is 3. The first-order valence-corrected chi connectivity index (χ1v) is 15.7. The largest absolute Gasteiger partial charge is 0.450 e. The first-order chi connectivity index (χ1) is 18.8. The van der Waals surface area contributed by atoms with Crippen LogP contribution < -0.4 is 5.32 Å². The third-order valence-electron chi connectivity index (χ3n) is 6.32. The summed E-state index contributed by atoms with van der Waals surface area (Å²) in [6.07, 6.45) is 0.0497. The Labute approximate surface area is 241 Å². The van der Waals surface area contributed by atoms with Gasteiger partial charge in [0.25, 0.3) is 11.8 Å². The van der Waals surface area contributed by atoms with Gasteiger partial charge in [-0.3, -0.25) is 9.59 Å². The molecule has 220 valence electrons. The maximum Gasteiger partial charge on any atom is 0.410 e. The van der Waals surface area contributed by atoms with E-state index in [-0.39, 0.29) is 41.4 Å². The second-order valence-corrected chi connectivity index (χ2v) is 13.9. The summed E-state index contributed by atoms with van der Waals surface area (Å²) in [6, 6.07) is 5.85. The number of fused-ring (bicyclic) bond motifs is 1. The molecule has 0 fully saturated rings. The molecule has 0 spiro atoms. The number of sulfonamides is 1. The number of nitrogens with one attached hydrogen (secondary N) is 1. The highest BCUT2D eigenvalue weighted by molar-refractivity contribution is 7.89. The lowest BCUT2D eigenvalue weighted by Gasteiger charge is -2.26. The summed E-state index contributed by atoms with van der Waals surface area (Å²) in [6.45, 7) is 11.4. The van der Waals surface area contributed by atoms with E-state index in [1.54, 1.807) is 25.9 Å². The van der Waals surface area contributed by atoms with Crippen LogP contribution in [0.25, 0.3) is 0 Å². The lowest BCUT2D eigenvalue weighted by Crippen LogP contribution is -2.37. The minimum atomic E-state index is -3.73. The van der Waals surface area contributed by atoms with Crippen LogP contribution in [-0.2, 0) is 27.7 Å². The molecule has 0 radical (unpaired) electrons. The van der Waals surface area contributed by atoms with Crippen LogP contribution in [0.4, 0.5) is 9.80 Å². The first-order valence-electron chi connectivity index (χ1n) is 13.5. The molecule has 0 bridgehead atoms. The van der Waals surface area contributed by atoms with Crippen molar-refractivity contribution in [1.29, 1.82) is 0 Å². The highest BCUT2D eigenvalue weighted by atomic mass is 32.2. The molecule has 12 heteroatoms. The standard InChI is InChI=1S/C28H40N4O6S2/c1-8-38-28(35)31-14-13-22-23(17-31)39-26(24(22)27(34)30(6)7)29-25(33)20-9-11-21(12-10-20)40(36,37)32(15-18(2)3)16-19(4)5/h9-12,18-19H,8,13-17H2,1-7H3,(H,29,33). The van der Waals surface area contributed by atoms with Gasteiger partial charge >= 0.3 is 6.09 Å². The summed E-state index contributed by atoms with van der Waals surface area (Å²) in [7, 11) is -0.436. The summed E-state index contributed by atoms with van der Waals surface area (Å²) >= 11 is 1.26. The van der Waals surface area contributed by atoms with Crippen molar-refractivity contribution in [3.8, 4) is 0 Å². The molecule has 10 nitrogen and oxygen atoms in total. The van der Waals surface area contributed by atoms with Gasteiger partial charge in [-0.05, 0) is 55.0 Å². The van der Waals surface area contributed by atoms with E-state index < -0.39 is 22.0 Å². The zero-order chi connectivity index (χ0) is 29.8. The van der Waals surface area contributed by atoms with Crippen molar-refractivity contribution < 1.29 is 27.5 Å². The number of benzene rings is 1. The Kier molecular flexibility index (Phi) is 10.4. The van der Waals surface area contributed by atoms with Gasteiger partial charge in [-0.1, -0.05) is 27.7 Å². The van der Waals surface area contributed by atoms with Gasteiger partial charge in [0.15, 0.2) is 0 Å². The van der Waals surface area contributed by atoms with Gasteiger partial charge in [0.1, 0.15) is 5.00 Å². The van der Waals surface area contributed by atoms with E-state index >= 15 is 0 Å². The Hall–Kier alpha value is -2.96. The van der Waals surface area contributed by atoms with Crippen molar-refractivity contribution in [2.75, 3.05) is 45.7 Å². The number of carbonyl (C=O) groups excluding carboxylic acids is 3. The zero-order valence-corrected chi connectivity index (χ0v) is 25.9. The normalized spacial score (nSPS) is 13.5. The molecule has 2 heterocycles. The number of anilines is 1. The van der Waals surface area contributed by atoms with Crippen LogP contribution in [-0.4, -0.2) is 80.8 Å². The Morgan fingerprint density at radius 3 is 2.17 bits per heavy atom. The number of ether oxygens (including phenoxy) is 1. The molecule has 0 saturated carbocycles. The van der Waals surface area contributed by atoms with Crippen LogP contribution in [0.3, 0.4) is 0 Å². The maximum absolute atomic E-state index is 13.3. The van der Waals surface area contributed by atoms with Crippen LogP contribution in [0.15, 0.2) is 29.2 Å². The fourth-order valence-corrected chi connectivity index (χ4v) is 7.52. The average Bonchev–Trinajstić information content (AvgIpc) is 3.24. The van der Waals surface area contributed by atoms with Crippen LogP contribution >= 0.6 is 11.3 Å². The minimum Gasteiger partial charge on any atom is -0.450 e. The van der Waals surface area contributed by atoms with Gasteiger partial charge < -0.3 is 19.9 Å². The van der Waals surface area contributed by atoms with Crippen molar-refractivity contribution in [2.45, 2.75) is 52.5 Å². The minimum absolute atomic E-state index is 0.125. The second-order valence-electron chi connectivity index (χ2n) is 10.9. The Morgan fingerprint density at radius 2 is 1.65 bits per heavy atom. The van der Waals surface area contributed by atoms with E-state index in [0.717, 1.165) is 10.4 Å². The number of thiophene rings is 1. The van der Waals surface area contributed by atoms with E-state index in [4.69, 9.17) is 4.74 Å². The van der Waals surface area contributed by atoms with Crippen LogP contribution in [0.1, 0.15) is 65.8 Å². The van der Waals surface area contributed by atoms with Crippen molar-refractivity contribution in [3.05, 3.63) is 45.8 Å². The molecule has 1 aromatic carbocycles. The highest BCUT2D eigenvalue weighted by Crippen LogP contribution is 2.38. The molecular formula is C28H40N4O6S2. The predicted octanol–water partition coefficient (Wildman–Crippen LogP) is 4.52.